The maximum atomic E-state index is 12.4. The van der Waals surface area contributed by atoms with E-state index < -0.39 is 10.0 Å². The van der Waals surface area contributed by atoms with Gasteiger partial charge in [-0.2, -0.15) is 13.5 Å². The first-order chi connectivity index (χ1) is 15.0. The summed E-state index contributed by atoms with van der Waals surface area (Å²) in [4.78, 5) is 2.42. The zero-order valence-electron chi connectivity index (χ0n) is 17.0. The molecule has 6 heteroatoms. The molecule has 0 heterocycles. The fourth-order valence-electron chi connectivity index (χ4n) is 3.23. The highest BCUT2D eigenvalue weighted by molar-refractivity contribution is 7.89. The molecule has 0 aliphatic carbocycles. The SMILES string of the molecule is Cc1ccc(S(=O)(=O)N/N=C\c2ccccc2OCc2cccc3ccccc23)cc1. The molecule has 4 aromatic carbocycles. The first-order valence-corrected chi connectivity index (χ1v) is 11.3. The van der Waals surface area contributed by atoms with E-state index in [1.807, 2.05) is 55.5 Å². The lowest BCUT2D eigenvalue weighted by Gasteiger charge is -2.11. The van der Waals surface area contributed by atoms with Crippen molar-refractivity contribution in [1.29, 1.82) is 0 Å². The summed E-state index contributed by atoms with van der Waals surface area (Å²) >= 11 is 0. The summed E-state index contributed by atoms with van der Waals surface area (Å²) < 4.78 is 30.8. The van der Waals surface area contributed by atoms with Crippen molar-refractivity contribution >= 4 is 27.0 Å². The van der Waals surface area contributed by atoms with Gasteiger partial charge in [0.05, 0.1) is 11.1 Å². The number of rotatable bonds is 7. The molecule has 0 atom stereocenters. The number of aryl methyl sites for hydroxylation is 1. The minimum atomic E-state index is -3.73. The van der Waals surface area contributed by atoms with E-state index in [1.54, 1.807) is 24.3 Å². The summed E-state index contributed by atoms with van der Waals surface area (Å²) in [7, 11) is -3.73. The first-order valence-electron chi connectivity index (χ1n) is 9.83. The highest BCUT2D eigenvalue weighted by atomic mass is 32.2. The monoisotopic (exact) mass is 430 g/mol. The average molecular weight is 431 g/mol. The molecule has 0 bridgehead atoms. The molecule has 0 aliphatic heterocycles. The largest absolute Gasteiger partial charge is 0.488 e. The molecule has 156 valence electrons. The number of hydrogen-bond donors (Lipinski definition) is 1. The Kier molecular flexibility index (Phi) is 6.00. The van der Waals surface area contributed by atoms with Gasteiger partial charge in [0.15, 0.2) is 0 Å². The van der Waals surface area contributed by atoms with Crippen molar-refractivity contribution in [2.75, 3.05) is 0 Å². The molecule has 0 fully saturated rings. The van der Waals surface area contributed by atoms with Crippen molar-refractivity contribution in [3.63, 3.8) is 0 Å². The van der Waals surface area contributed by atoms with Gasteiger partial charge in [-0.3, -0.25) is 0 Å². The number of fused-ring (bicyclic) bond motifs is 1. The number of nitrogens with one attached hydrogen (secondary N) is 1. The van der Waals surface area contributed by atoms with E-state index in [0.29, 0.717) is 17.9 Å². The van der Waals surface area contributed by atoms with E-state index >= 15 is 0 Å². The van der Waals surface area contributed by atoms with E-state index in [9.17, 15) is 8.42 Å². The van der Waals surface area contributed by atoms with Crippen LogP contribution in [0.15, 0.2) is 101 Å². The van der Waals surface area contributed by atoms with Gasteiger partial charge in [-0.25, -0.2) is 4.83 Å². The topological polar surface area (TPSA) is 67.8 Å². The Hall–Kier alpha value is -3.64. The highest BCUT2D eigenvalue weighted by Gasteiger charge is 2.12. The Morgan fingerprint density at radius 2 is 1.58 bits per heavy atom. The zero-order valence-corrected chi connectivity index (χ0v) is 17.8. The Labute approximate surface area is 182 Å². The molecule has 0 unspecified atom stereocenters. The van der Waals surface area contributed by atoms with Crippen molar-refractivity contribution in [1.82, 2.24) is 4.83 Å². The van der Waals surface area contributed by atoms with Crippen LogP contribution >= 0.6 is 0 Å². The van der Waals surface area contributed by atoms with E-state index in [0.717, 1.165) is 21.9 Å². The van der Waals surface area contributed by atoms with Gasteiger partial charge in [0, 0.05) is 5.56 Å². The molecule has 4 aromatic rings. The third-order valence-corrected chi connectivity index (χ3v) is 6.13. The van der Waals surface area contributed by atoms with Gasteiger partial charge in [-0.1, -0.05) is 72.3 Å². The molecule has 5 nitrogen and oxygen atoms in total. The molecule has 0 amide bonds. The second-order valence-electron chi connectivity index (χ2n) is 7.13. The molecule has 0 radical (unpaired) electrons. The third kappa shape index (κ3) is 4.92. The molecule has 0 aromatic heterocycles. The highest BCUT2D eigenvalue weighted by Crippen LogP contribution is 2.22. The van der Waals surface area contributed by atoms with Crippen LogP contribution in [0.3, 0.4) is 0 Å². The van der Waals surface area contributed by atoms with Crippen molar-refractivity contribution in [3.8, 4) is 5.75 Å². The van der Waals surface area contributed by atoms with Crippen molar-refractivity contribution < 1.29 is 13.2 Å². The summed E-state index contributed by atoms with van der Waals surface area (Å²) in [6, 6.07) is 28.2. The number of nitrogens with zero attached hydrogens (tertiary/aromatic N) is 1. The lowest BCUT2D eigenvalue weighted by Crippen LogP contribution is -2.18. The van der Waals surface area contributed by atoms with Crippen molar-refractivity contribution in [3.05, 3.63) is 108 Å². The molecule has 4 rings (SSSR count). The van der Waals surface area contributed by atoms with E-state index in [-0.39, 0.29) is 4.90 Å². The van der Waals surface area contributed by atoms with Gasteiger partial charge in [0.1, 0.15) is 12.4 Å². The molecule has 0 spiro atoms. The van der Waals surface area contributed by atoms with Crippen LogP contribution in [0.2, 0.25) is 0 Å². The van der Waals surface area contributed by atoms with E-state index in [2.05, 4.69) is 28.1 Å². The van der Waals surface area contributed by atoms with Crippen molar-refractivity contribution in [2.24, 2.45) is 5.10 Å². The van der Waals surface area contributed by atoms with Crippen LogP contribution in [-0.2, 0) is 16.6 Å². The maximum absolute atomic E-state index is 12.4. The molecule has 31 heavy (non-hydrogen) atoms. The number of para-hydroxylation sites is 1. The van der Waals surface area contributed by atoms with Gasteiger partial charge >= 0.3 is 0 Å². The minimum absolute atomic E-state index is 0.163. The Morgan fingerprint density at radius 1 is 0.871 bits per heavy atom. The number of ether oxygens (including phenoxy) is 1. The summed E-state index contributed by atoms with van der Waals surface area (Å²) in [5.74, 6) is 0.619. The lowest BCUT2D eigenvalue weighted by atomic mass is 10.1. The number of hydrazone groups is 1. The molecule has 0 saturated heterocycles. The number of sulfonamides is 1. The van der Waals surface area contributed by atoms with Gasteiger partial charge < -0.3 is 4.74 Å². The standard InChI is InChI=1S/C25H22N2O3S/c1-19-13-15-23(16-14-19)31(28,29)27-26-17-21-8-3-5-12-25(21)30-18-22-10-6-9-20-7-2-4-11-24(20)22/h2-17,27H,18H2,1H3/b26-17-. The van der Waals surface area contributed by atoms with Gasteiger partial charge in [-0.15, -0.1) is 0 Å². The minimum Gasteiger partial charge on any atom is -0.488 e. The molecular weight excluding hydrogens is 408 g/mol. The first kappa shape index (κ1) is 20.6. The molecule has 0 saturated carbocycles. The molecule has 1 N–H and O–H groups in total. The summed E-state index contributed by atoms with van der Waals surface area (Å²) in [5.41, 5.74) is 2.74. The van der Waals surface area contributed by atoms with Gasteiger partial charge in [-0.05, 0) is 47.5 Å². The summed E-state index contributed by atoms with van der Waals surface area (Å²) in [5, 5.41) is 6.23. The average Bonchev–Trinajstić information content (AvgIpc) is 2.78. The van der Waals surface area contributed by atoms with Crippen molar-refractivity contribution in [2.45, 2.75) is 18.4 Å². The Balaban J connectivity index is 1.49. The van der Waals surface area contributed by atoms with Crippen LogP contribution in [-0.4, -0.2) is 14.6 Å². The number of hydrogen-bond acceptors (Lipinski definition) is 4. The second-order valence-corrected chi connectivity index (χ2v) is 8.79. The van der Waals surface area contributed by atoms with Crippen LogP contribution in [0.1, 0.15) is 16.7 Å². The summed E-state index contributed by atoms with van der Waals surface area (Å²) in [6.45, 7) is 2.29. The Bertz CT molecular complexity index is 1330. The fraction of sp³-hybridized carbons (Fsp3) is 0.0800. The normalized spacial score (nSPS) is 11.6. The summed E-state index contributed by atoms with van der Waals surface area (Å²) in [6.07, 6.45) is 1.45. The predicted octanol–water partition coefficient (Wildman–Crippen LogP) is 5.04. The van der Waals surface area contributed by atoms with Crippen LogP contribution in [0.25, 0.3) is 10.8 Å². The molecule has 0 aliphatic rings. The smallest absolute Gasteiger partial charge is 0.276 e. The van der Waals surface area contributed by atoms with E-state index in [4.69, 9.17) is 4.74 Å². The van der Waals surface area contributed by atoms with Crippen LogP contribution in [0.4, 0.5) is 0 Å². The second kappa shape index (κ2) is 9.02. The number of benzene rings is 4. The maximum Gasteiger partial charge on any atom is 0.276 e. The van der Waals surface area contributed by atoms with Gasteiger partial charge in [0.25, 0.3) is 10.0 Å². The fourth-order valence-corrected chi connectivity index (χ4v) is 4.02. The lowest BCUT2D eigenvalue weighted by molar-refractivity contribution is 0.307. The zero-order chi connectivity index (χ0) is 21.7. The van der Waals surface area contributed by atoms with Crippen LogP contribution < -0.4 is 9.57 Å². The van der Waals surface area contributed by atoms with Crippen LogP contribution in [0, 0.1) is 6.92 Å². The Morgan fingerprint density at radius 3 is 2.42 bits per heavy atom. The van der Waals surface area contributed by atoms with E-state index in [1.165, 1.54) is 6.21 Å². The van der Waals surface area contributed by atoms with Gasteiger partial charge in [0.2, 0.25) is 0 Å². The quantitative estimate of drug-likeness (QED) is 0.330. The van der Waals surface area contributed by atoms with Crippen LogP contribution in [0.5, 0.6) is 5.75 Å². The predicted molar refractivity (Wildman–Crippen MR) is 124 cm³/mol. The molecular formula is C25H22N2O3S. The third-order valence-electron chi connectivity index (χ3n) is 4.89.